The molecule has 0 fully saturated rings. The van der Waals surface area contributed by atoms with E-state index in [4.69, 9.17) is 5.73 Å². The number of nitrogens with zero attached hydrogens (tertiary/aromatic N) is 1. The van der Waals surface area contributed by atoms with Crippen molar-refractivity contribution in [2.75, 3.05) is 6.54 Å². The summed E-state index contributed by atoms with van der Waals surface area (Å²) >= 11 is 3.11. The molecule has 3 N–H and O–H groups in total. The Balaban J connectivity index is 2.22. The molecule has 0 saturated heterocycles. The van der Waals surface area contributed by atoms with Crippen LogP contribution in [0.3, 0.4) is 0 Å². The molecule has 0 bridgehead atoms. The largest absolute Gasteiger partial charge is 0.329 e. The molecule has 4 nitrogen and oxygen atoms in total. The summed E-state index contributed by atoms with van der Waals surface area (Å²) in [4.78, 5) is 18.8. The number of hydrogen-bond acceptors (Lipinski definition) is 5. The third-order valence-corrected chi connectivity index (χ3v) is 4.30. The number of aromatic amines is 1. The van der Waals surface area contributed by atoms with Crippen molar-refractivity contribution < 1.29 is 0 Å². The van der Waals surface area contributed by atoms with Gasteiger partial charge < -0.3 is 10.7 Å². The SMILES string of the molecule is CC(CN)SCc1nc2ccsc2c(=O)[nH]1. The Hall–Kier alpha value is -0.850. The van der Waals surface area contributed by atoms with E-state index in [2.05, 4.69) is 16.9 Å². The highest BCUT2D eigenvalue weighted by atomic mass is 32.2. The van der Waals surface area contributed by atoms with Crippen molar-refractivity contribution in [1.29, 1.82) is 0 Å². The van der Waals surface area contributed by atoms with Crippen molar-refractivity contribution in [1.82, 2.24) is 9.97 Å². The van der Waals surface area contributed by atoms with Crippen LogP contribution in [0.15, 0.2) is 16.2 Å². The van der Waals surface area contributed by atoms with Crippen LogP contribution in [-0.4, -0.2) is 21.8 Å². The molecule has 0 aromatic carbocycles. The highest BCUT2D eigenvalue weighted by Crippen LogP contribution is 2.17. The molecule has 0 aliphatic carbocycles. The zero-order chi connectivity index (χ0) is 11.5. The van der Waals surface area contributed by atoms with E-state index in [9.17, 15) is 4.79 Å². The fourth-order valence-corrected chi connectivity index (χ4v) is 2.72. The first kappa shape index (κ1) is 11.6. The lowest BCUT2D eigenvalue weighted by atomic mass is 10.4. The molecule has 2 heterocycles. The normalized spacial score (nSPS) is 13.1. The molecule has 2 aromatic rings. The van der Waals surface area contributed by atoms with Crippen LogP contribution in [0.25, 0.3) is 10.2 Å². The number of thiophene rings is 1. The van der Waals surface area contributed by atoms with E-state index in [1.807, 2.05) is 11.4 Å². The van der Waals surface area contributed by atoms with Gasteiger partial charge in [-0.15, -0.1) is 23.1 Å². The van der Waals surface area contributed by atoms with Gasteiger partial charge >= 0.3 is 0 Å². The van der Waals surface area contributed by atoms with Crippen molar-refractivity contribution in [3.8, 4) is 0 Å². The van der Waals surface area contributed by atoms with E-state index >= 15 is 0 Å². The second kappa shape index (κ2) is 4.99. The van der Waals surface area contributed by atoms with Crippen LogP contribution in [0.2, 0.25) is 0 Å². The first-order valence-electron chi connectivity index (χ1n) is 4.98. The number of aromatic nitrogens is 2. The Morgan fingerprint density at radius 2 is 2.50 bits per heavy atom. The van der Waals surface area contributed by atoms with Gasteiger partial charge in [-0.1, -0.05) is 6.92 Å². The highest BCUT2D eigenvalue weighted by molar-refractivity contribution is 7.99. The van der Waals surface area contributed by atoms with Gasteiger partial charge in [-0.2, -0.15) is 0 Å². The van der Waals surface area contributed by atoms with Crippen LogP contribution < -0.4 is 11.3 Å². The third-order valence-electron chi connectivity index (χ3n) is 2.20. The molecule has 0 aliphatic rings. The molecule has 0 radical (unpaired) electrons. The summed E-state index contributed by atoms with van der Waals surface area (Å²) in [6, 6.07) is 1.87. The van der Waals surface area contributed by atoms with E-state index < -0.39 is 0 Å². The van der Waals surface area contributed by atoms with E-state index in [0.29, 0.717) is 22.2 Å². The second-order valence-corrected chi connectivity index (χ2v) is 5.85. The molecular weight excluding hydrogens is 242 g/mol. The highest BCUT2D eigenvalue weighted by Gasteiger charge is 2.06. The van der Waals surface area contributed by atoms with Gasteiger partial charge in [0, 0.05) is 11.8 Å². The molecule has 86 valence electrons. The maximum absolute atomic E-state index is 11.7. The molecule has 1 unspecified atom stereocenters. The van der Waals surface area contributed by atoms with E-state index in [-0.39, 0.29) is 5.56 Å². The maximum Gasteiger partial charge on any atom is 0.268 e. The summed E-state index contributed by atoms with van der Waals surface area (Å²) < 4.78 is 0.695. The van der Waals surface area contributed by atoms with Crippen LogP contribution in [0, 0.1) is 0 Å². The van der Waals surface area contributed by atoms with Crippen molar-refractivity contribution in [2.45, 2.75) is 17.9 Å². The average molecular weight is 255 g/mol. The molecule has 0 amide bonds. The van der Waals surface area contributed by atoms with Gasteiger partial charge in [-0.05, 0) is 11.4 Å². The first-order chi connectivity index (χ1) is 7.70. The van der Waals surface area contributed by atoms with Gasteiger partial charge in [-0.25, -0.2) is 4.98 Å². The topological polar surface area (TPSA) is 71.8 Å². The monoisotopic (exact) mass is 255 g/mol. The quantitative estimate of drug-likeness (QED) is 0.870. The van der Waals surface area contributed by atoms with E-state index in [0.717, 1.165) is 11.3 Å². The molecule has 2 aromatic heterocycles. The summed E-state index contributed by atoms with van der Waals surface area (Å²) in [5.41, 5.74) is 6.27. The Morgan fingerprint density at radius 1 is 1.69 bits per heavy atom. The van der Waals surface area contributed by atoms with Crippen LogP contribution in [0.4, 0.5) is 0 Å². The van der Waals surface area contributed by atoms with Gasteiger partial charge in [0.05, 0.1) is 11.3 Å². The molecule has 0 aliphatic heterocycles. The first-order valence-corrected chi connectivity index (χ1v) is 6.91. The lowest BCUT2D eigenvalue weighted by molar-refractivity contribution is 0.944. The number of thioether (sulfide) groups is 1. The Labute approximate surface area is 101 Å². The molecule has 2 rings (SSSR count). The minimum atomic E-state index is -0.0454. The van der Waals surface area contributed by atoms with Crippen molar-refractivity contribution in [3.63, 3.8) is 0 Å². The third kappa shape index (κ3) is 2.45. The van der Waals surface area contributed by atoms with E-state index in [1.54, 1.807) is 11.8 Å². The van der Waals surface area contributed by atoms with Gasteiger partial charge in [0.2, 0.25) is 0 Å². The lowest BCUT2D eigenvalue weighted by Gasteiger charge is -2.06. The Bertz CT molecular complexity index is 534. The van der Waals surface area contributed by atoms with Gasteiger partial charge in [0.1, 0.15) is 10.5 Å². The number of H-pyrrole nitrogens is 1. The number of rotatable bonds is 4. The minimum absolute atomic E-state index is 0.0454. The van der Waals surface area contributed by atoms with Crippen LogP contribution in [0.5, 0.6) is 0 Å². The summed E-state index contributed by atoms with van der Waals surface area (Å²) in [6.07, 6.45) is 0. The molecule has 0 saturated carbocycles. The predicted octanol–water partition coefficient (Wildman–Crippen LogP) is 1.57. The average Bonchev–Trinajstić information content (AvgIpc) is 2.74. The number of fused-ring (bicyclic) bond motifs is 1. The smallest absolute Gasteiger partial charge is 0.268 e. The second-order valence-electron chi connectivity index (χ2n) is 3.50. The summed E-state index contributed by atoms with van der Waals surface area (Å²) in [6.45, 7) is 2.70. The maximum atomic E-state index is 11.7. The predicted molar refractivity (Wildman–Crippen MR) is 70.1 cm³/mol. The minimum Gasteiger partial charge on any atom is -0.329 e. The summed E-state index contributed by atoms with van der Waals surface area (Å²) in [5.74, 6) is 1.42. The standard InChI is InChI=1S/C10H13N3OS2/c1-6(4-11)16-5-8-12-7-2-3-15-9(7)10(14)13-8/h2-3,6H,4-5,11H2,1H3,(H,12,13,14). The summed E-state index contributed by atoms with van der Waals surface area (Å²) in [5, 5.41) is 2.26. The van der Waals surface area contributed by atoms with E-state index in [1.165, 1.54) is 11.3 Å². The van der Waals surface area contributed by atoms with Crippen LogP contribution in [0.1, 0.15) is 12.7 Å². The van der Waals surface area contributed by atoms with Crippen LogP contribution in [-0.2, 0) is 5.75 Å². The number of nitrogens with two attached hydrogens (primary N) is 1. The van der Waals surface area contributed by atoms with Crippen LogP contribution >= 0.6 is 23.1 Å². The van der Waals surface area contributed by atoms with Gasteiger partial charge in [0.25, 0.3) is 5.56 Å². The zero-order valence-corrected chi connectivity index (χ0v) is 10.5. The Kier molecular flexibility index (Phi) is 3.63. The molecule has 0 spiro atoms. The summed E-state index contributed by atoms with van der Waals surface area (Å²) in [7, 11) is 0. The van der Waals surface area contributed by atoms with Crippen molar-refractivity contribution >= 4 is 33.3 Å². The van der Waals surface area contributed by atoms with Gasteiger partial charge in [-0.3, -0.25) is 4.79 Å². The van der Waals surface area contributed by atoms with Crippen molar-refractivity contribution in [3.05, 3.63) is 27.6 Å². The van der Waals surface area contributed by atoms with Gasteiger partial charge in [0.15, 0.2) is 0 Å². The fourth-order valence-electron chi connectivity index (χ4n) is 1.28. The zero-order valence-electron chi connectivity index (χ0n) is 8.90. The fraction of sp³-hybridized carbons (Fsp3) is 0.400. The van der Waals surface area contributed by atoms with Crippen molar-refractivity contribution in [2.24, 2.45) is 5.73 Å². The molecule has 1 atom stereocenters. The lowest BCUT2D eigenvalue weighted by Crippen LogP contribution is -2.14. The number of nitrogens with one attached hydrogen (secondary N) is 1. The molecular formula is C10H13N3OS2. The number of hydrogen-bond donors (Lipinski definition) is 2. The molecule has 16 heavy (non-hydrogen) atoms. The molecule has 6 heteroatoms. The Morgan fingerprint density at radius 3 is 3.25 bits per heavy atom.